The molecule has 53 heavy (non-hydrogen) atoms. The van der Waals surface area contributed by atoms with Gasteiger partial charge in [0.1, 0.15) is 5.75 Å². The molecule has 9 heteroatoms. The fourth-order valence-corrected chi connectivity index (χ4v) is 6.39. The third-order valence-electron chi connectivity index (χ3n) is 9.38. The normalized spacial score (nSPS) is 11.4. The van der Waals surface area contributed by atoms with Crippen LogP contribution in [0.25, 0.3) is 27.5 Å². The van der Waals surface area contributed by atoms with Crippen molar-refractivity contribution in [3.05, 3.63) is 96.3 Å². The number of alkyl halides is 3. The summed E-state index contributed by atoms with van der Waals surface area (Å²) in [6.07, 6.45) is 13.8. The minimum atomic E-state index is -4.58. The van der Waals surface area contributed by atoms with Gasteiger partial charge >= 0.3 is 12.1 Å². The summed E-state index contributed by atoms with van der Waals surface area (Å²) in [5.74, 6) is -1.26. The highest BCUT2D eigenvalue weighted by Crippen LogP contribution is 2.35. The SMILES string of the molecule is CCCCCCCCCCNc1ccc(-n2c(C(F)(F)F)nc3cc(OCCCCCCCCC)ccc32)cc1.O=C(O)c1ccc2ccccc2c1. The van der Waals surface area contributed by atoms with Gasteiger partial charge in [-0.1, -0.05) is 128 Å². The van der Waals surface area contributed by atoms with Gasteiger partial charge in [-0.25, -0.2) is 9.78 Å². The van der Waals surface area contributed by atoms with Crippen molar-refractivity contribution in [1.29, 1.82) is 0 Å². The van der Waals surface area contributed by atoms with E-state index in [0.29, 0.717) is 29.1 Å². The van der Waals surface area contributed by atoms with Gasteiger partial charge in [-0.05, 0) is 72.1 Å². The Morgan fingerprint density at radius 3 is 1.94 bits per heavy atom. The summed E-state index contributed by atoms with van der Waals surface area (Å²) in [5, 5.41) is 14.2. The highest BCUT2D eigenvalue weighted by molar-refractivity contribution is 5.94. The number of rotatable bonds is 21. The minimum absolute atomic E-state index is 0.279. The van der Waals surface area contributed by atoms with Crippen molar-refractivity contribution in [2.24, 2.45) is 0 Å². The van der Waals surface area contributed by atoms with Crippen LogP contribution in [0.4, 0.5) is 18.9 Å². The van der Waals surface area contributed by atoms with Gasteiger partial charge in [0.2, 0.25) is 5.82 Å². The van der Waals surface area contributed by atoms with E-state index in [2.05, 4.69) is 24.1 Å². The molecule has 1 aromatic heterocycles. The molecule has 5 aromatic rings. The lowest BCUT2D eigenvalue weighted by atomic mass is 10.1. The summed E-state index contributed by atoms with van der Waals surface area (Å²) in [7, 11) is 0. The van der Waals surface area contributed by atoms with Crippen LogP contribution in [0.3, 0.4) is 0 Å². The van der Waals surface area contributed by atoms with E-state index in [1.165, 1.54) is 81.6 Å². The van der Waals surface area contributed by atoms with E-state index < -0.39 is 18.0 Å². The van der Waals surface area contributed by atoms with Crippen molar-refractivity contribution < 1.29 is 27.8 Å². The van der Waals surface area contributed by atoms with E-state index in [-0.39, 0.29) is 5.52 Å². The quantitative estimate of drug-likeness (QED) is 0.0735. The second kappa shape index (κ2) is 21.9. The van der Waals surface area contributed by atoms with Gasteiger partial charge in [0.15, 0.2) is 0 Å². The number of fused-ring (bicyclic) bond motifs is 2. The molecule has 0 aliphatic heterocycles. The summed E-state index contributed by atoms with van der Waals surface area (Å²) in [5.41, 5.74) is 2.37. The fourth-order valence-electron chi connectivity index (χ4n) is 6.39. The minimum Gasteiger partial charge on any atom is -0.494 e. The molecule has 0 unspecified atom stereocenters. The Morgan fingerprint density at radius 1 is 0.717 bits per heavy atom. The Morgan fingerprint density at radius 2 is 1.32 bits per heavy atom. The van der Waals surface area contributed by atoms with Crippen LogP contribution in [0.15, 0.2) is 84.9 Å². The number of nitrogens with one attached hydrogen (secondary N) is 1. The van der Waals surface area contributed by atoms with Crippen LogP contribution in [-0.2, 0) is 6.18 Å². The Bertz CT molecular complexity index is 1820. The molecule has 0 spiro atoms. The summed E-state index contributed by atoms with van der Waals surface area (Å²) < 4.78 is 49.0. The molecule has 286 valence electrons. The predicted octanol–water partition coefficient (Wildman–Crippen LogP) is 13.3. The third kappa shape index (κ3) is 13.4. The standard InChI is InChI=1S/C33H48F3N3O.C11H8O2/c1-3-5-7-9-11-12-14-16-24-37-27-18-20-28(21-19-27)39-31-23-22-29(26-30(31)38-32(39)33(34,35)36)40-25-17-15-13-10-8-6-4-2;12-11(13)10-6-5-8-3-1-2-4-9(8)7-10/h18-23,26,37H,3-17,24-25H2,1-2H3;1-7H,(H,12,13). The van der Waals surface area contributed by atoms with Gasteiger partial charge in [-0.3, -0.25) is 4.57 Å². The number of anilines is 1. The topological polar surface area (TPSA) is 76.4 Å². The Balaban J connectivity index is 0.000000401. The maximum absolute atomic E-state index is 14.0. The zero-order valence-corrected chi connectivity index (χ0v) is 31.4. The van der Waals surface area contributed by atoms with Crippen molar-refractivity contribution in [1.82, 2.24) is 9.55 Å². The molecule has 4 aromatic carbocycles. The zero-order valence-electron chi connectivity index (χ0n) is 31.4. The van der Waals surface area contributed by atoms with Crippen LogP contribution in [0.5, 0.6) is 5.75 Å². The lowest BCUT2D eigenvalue weighted by Gasteiger charge is -2.13. The van der Waals surface area contributed by atoms with Crippen molar-refractivity contribution in [2.75, 3.05) is 18.5 Å². The smallest absolute Gasteiger partial charge is 0.450 e. The Kier molecular flexibility index (Phi) is 17.0. The average Bonchev–Trinajstić information content (AvgIpc) is 3.55. The second-order valence-corrected chi connectivity index (χ2v) is 13.7. The van der Waals surface area contributed by atoms with Crippen LogP contribution >= 0.6 is 0 Å². The fraction of sp³-hybridized carbons (Fsp3) is 0.455. The number of benzene rings is 4. The van der Waals surface area contributed by atoms with Gasteiger partial charge in [0, 0.05) is 24.0 Å². The Labute approximate surface area is 312 Å². The highest BCUT2D eigenvalue weighted by Gasteiger charge is 2.38. The number of carboxylic acids is 1. The van der Waals surface area contributed by atoms with Crippen molar-refractivity contribution >= 4 is 33.5 Å². The van der Waals surface area contributed by atoms with E-state index in [4.69, 9.17) is 9.84 Å². The maximum atomic E-state index is 14.0. The first kappa shape index (κ1) is 41.2. The number of nitrogens with zero attached hydrogens (tertiary/aromatic N) is 2. The summed E-state index contributed by atoms with van der Waals surface area (Å²) in [6, 6.07) is 24.9. The average molecular weight is 732 g/mol. The number of hydrogen-bond acceptors (Lipinski definition) is 4. The van der Waals surface area contributed by atoms with E-state index in [0.717, 1.165) is 42.3 Å². The van der Waals surface area contributed by atoms with Gasteiger partial charge in [0.25, 0.3) is 0 Å². The summed E-state index contributed by atoms with van der Waals surface area (Å²) in [6.45, 7) is 5.85. The number of carbonyl (C=O) groups is 1. The molecule has 0 aliphatic carbocycles. The summed E-state index contributed by atoms with van der Waals surface area (Å²) in [4.78, 5) is 14.6. The third-order valence-corrected chi connectivity index (χ3v) is 9.38. The van der Waals surface area contributed by atoms with E-state index in [1.807, 2.05) is 42.5 Å². The molecule has 0 bridgehead atoms. The molecule has 0 radical (unpaired) electrons. The van der Waals surface area contributed by atoms with Crippen LogP contribution in [0.1, 0.15) is 126 Å². The summed E-state index contributed by atoms with van der Waals surface area (Å²) >= 11 is 0. The van der Waals surface area contributed by atoms with E-state index >= 15 is 0 Å². The zero-order chi connectivity index (χ0) is 37.9. The van der Waals surface area contributed by atoms with Crippen LogP contribution < -0.4 is 10.1 Å². The number of hydrogen-bond donors (Lipinski definition) is 2. The monoisotopic (exact) mass is 731 g/mol. The molecule has 2 N–H and O–H groups in total. The first-order valence-corrected chi connectivity index (χ1v) is 19.5. The van der Waals surface area contributed by atoms with Gasteiger partial charge < -0.3 is 15.2 Å². The molecule has 0 aliphatic rings. The maximum Gasteiger partial charge on any atom is 0.450 e. The first-order chi connectivity index (χ1) is 25.7. The van der Waals surface area contributed by atoms with Crippen molar-refractivity contribution in [3.8, 4) is 11.4 Å². The number of unbranched alkanes of at least 4 members (excludes halogenated alkanes) is 13. The van der Waals surface area contributed by atoms with E-state index in [1.54, 1.807) is 42.5 Å². The van der Waals surface area contributed by atoms with Gasteiger partial charge in [-0.2, -0.15) is 13.2 Å². The molecule has 0 saturated heterocycles. The van der Waals surface area contributed by atoms with Crippen molar-refractivity contribution in [3.63, 3.8) is 0 Å². The van der Waals surface area contributed by atoms with E-state index in [9.17, 15) is 18.0 Å². The van der Waals surface area contributed by atoms with Crippen molar-refractivity contribution in [2.45, 2.75) is 116 Å². The highest BCUT2D eigenvalue weighted by atomic mass is 19.4. The molecule has 0 fully saturated rings. The molecule has 1 heterocycles. The molecule has 0 saturated carbocycles. The number of carboxylic acid groups (broad SMARTS) is 1. The second-order valence-electron chi connectivity index (χ2n) is 13.7. The van der Waals surface area contributed by atoms with Crippen LogP contribution in [0.2, 0.25) is 0 Å². The lowest BCUT2D eigenvalue weighted by Crippen LogP contribution is -2.13. The van der Waals surface area contributed by atoms with Crippen LogP contribution in [0, 0.1) is 0 Å². The molecule has 5 rings (SSSR count). The molecular weight excluding hydrogens is 675 g/mol. The molecule has 0 amide bonds. The Hall–Kier alpha value is -4.53. The molecule has 6 nitrogen and oxygen atoms in total. The molecule has 0 atom stereocenters. The predicted molar refractivity (Wildman–Crippen MR) is 212 cm³/mol. The first-order valence-electron chi connectivity index (χ1n) is 19.5. The number of aromatic nitrogens is 2. The van der Waals surface area contributed by atoms with Gasteiger partial charge in [0.05, 0.1) is 23.2 Å². The number of imidazole rings is 1. The lowest BCUT2D eigenvalue weighted by molar-refractivity contribution is -0.145. The molecular formula is C44H56F3N3O3. The number of halogens is 3. The van der Waals surface area contributed by atoms with Gasteiger partial charge in [-0.15, -0.1) is 0 Å². The number of aromatic carboxylic acids is 1. The number of ether oxygens (including phenoxy) is 1. The van der Waals surface area contributed by atoms with Crippen LogP contribution in [-0.4, -0.2) is 33.8 Å². The largest absolute Gasteiger partial charge is 0.494 e.